The van der Waals surface area contributed by atoms with Crippen molar-refractivity contribution >= 4 is 11.6 Å². The first-order valence-electron chi connectivity index (χ1n) is 4.80. The minimum Gasteiger partial charge on any atom is -0.364 e. The van der Waals surface area contributed by atoms with E-state index in [-0.39, 0.29) is 5.60 Å². The Morgan fingerprint density at radius 2 is 2.50 bits per heavy atom. The number of nitrogens with one attached hydrogen (secondary N) is 1. The second-order valence-corrected chi connectivity index (χ2v) is 4.26. The van der Waals surface area contributed by atoms with Crippen molar-refractivity contribution in [2.75, 3.05) is 13.1 Å². The normalized spacial score (nSPS) is 29.8. The monoisotopic (exact) mass is 210 g/mol. The molecular formula is C10H11ClN2O. The van der Waals surface area contributed by atoms with Crippen LogP contribution in [0.3, 0.4) is 0 Å². The van der Waals surface area contributed by atoms with Gasteiger partial charge in [-0.1, -0.05) is 11.6 Å². The van der Waals surface area contributed by atoms with Gasteiger partial charge >= 0.3 is 0 Å². The molecular weight excluding hydrogens is 200 g/mol. The number of rotatable bonds is 0. The van der Waals surface area contributed by atoms with Gasteiger partial charge in [0.05, 0.1) is 6.61 Å². The summed E-state index contributed by atoms with van der Waals surface area (Å²) in [5.74, 6) is 0. The van der Waals surface area contributed by atoms with Crippen molar-refractivity contribution in [3.05, 3.63) is 28.5 Å². The van der Waals surface area contributed by atoms with Crippen LogP contribution in [0.25, 0.3) is 0 Å². The lowest BCUT2D eigenvalue weighted by molar-refractivity contribution is -0.0218. The highest BCUT2D eigenvalue weighted by molar-refractivity contribution is 6.29. The predicted molar refractivity (Wildman–Crippen MR) is 53.2 cm³/mol. The van der Waals surface area contributed by atoms with E-state index in [0.717, 1.165) is 19.5 Å². The maximum atomic E-state index is 5.90. The molecule has 3 nitrogen and oxygen atoms in total. The van der Waals surface area contributed by atoms with Gasteiger partial charge in [0.25, 0.3) is 0 Å². The van der Waals surface area contributed by atoms with Gasteiger partial charge in [-0.15, -0.1) is 0 Å². The molecule has 0 amide bonds. The largest absolute Gasteiger partial charge is 0.364 e. The molecule has 3 rings (SSSR count). The first kappa shape index (κ1) is 8.65. The van der Waals surface area contributed by atoms with Gasteiger partial charge < -0.3 is 10.1 Å². The summed E-state index contributed by atoms with van der Waals surface area (Å²) >= 11 is 5.90. The van der Waals surface area contributed by atoms with Crippen LogP contribution in [0, 0.1) is 0 Å². The van der Waals surface area contributed by atoms with Gasteiger partial charge in [-0.3, -0.25) is 0 Å². The van der Waals surface area contributed by atoms with Crippen LogP contribution in [0.1, 0.15) is 17.5 Å². The lowest BCUT2D eigenvalue weighted by Gasteiger charge is -2.22. The molecule has 1 aromatic rings. The van der Waals surface area contributed by atoms with Crippen molar-refractivity contribution in [1.82, 2.24) is 10.3 Å². The summed E-state index contributed by atoms with van der Waals surface area (Å²) in [6.07, 6.45) is 2.85. The molecule has 1 N–H and O–H groups in total. The minimum atomic E-state index is -0.123. The second kappa shape index (κ2) is 2.92. The summed E-state index contributed by atoms with van der Waals surface area (Å²) in [5.41, 5.74) is 2.28. The lowest BCUT2D eigenvalue weighted by Crippen LogP contribution is -2.27. The van der Waals surface area contributed by atoms with Gasteiger partial charge in [-0.2, -0.15) is 0 Å². The highest BCUT2D eigenvalue weighted by atomic mass is 35.5. The van der Waals surface area contributed by atoms with Gasteiger partial charge in [0.1, 0.15) is 10.8 Å². The van der Waals surface area contributed by atoms with E-state index in [1.165, 1.54) is 11.1 Å². The zero-order chi connectivity index (χ0) is 9.60. The van der Waals surface area contributed by atoms with Gasteiger partial charge in [0, 0.05) is 18.3 Å². The molecule has 2 aliphatic heterocycles. The van der Waals surface area contributed by atoms with Crippen molar-refractivity contribution in [3.8, 4) is 0 Å². The number of nitrogens with zero attached hydrogens (tertiary/aromatic N) is 1. The van der Waals surface area contributed by atoms with Crippen molar-refractivity contribution in [1.29, 1.82) is 0 Å². The molecule has 14 heavy (non-hydrogen) atoms. The first-order valence-corrected chi connectivity index (χ1v) is 5.18. The van der Waals surface area contributed by atoms with E-state index in [0.29, 0.717) is 11.8 Å². The number of fused-ring (bicyclic) bond motifs is 2. The van der Waals surface area contributed by atoms with E-state index in [1.54, 1.807) is 0 Å². The molecule has 1 fully saturated rings. The minimum absolute atomic E-state index is 0.123. The molecule has 1 saturated heterocycles. The quantitative estimate of drug-likeness (QED) is 0.659. The van der Waals surface area contributed by atoms with Gasteiger partial charge in [-0.25, -0.2) is 4.98 Å². The van der Waals surface area contributed by atoms with E-state index in [1.807, 2.05) is 12.3 Å². The standard InChI is InChI=1S/C10H11ClN2O/c11-9-3-8-7(4-13-9)5-14-10(8)1-2-12-6-10/h3-4,12H,1-2,5-6H2. The Kier molecular flexibility index (Phi) is 1.81. The van der Waals surface area contributed by atoms with Crippen molar-refractivity contribution < 1.29 is 4.74 Å². The number of halogens is 1. The summed E-state index contributed by atoms with van der Waals surface area (Å²) in [6.45, 7) is 2.57. The third-order valence-corrected chi connectivity index (χ3v) is 3.27. The van der Waals surface area contributed by atoms with E-state index in [4.69, 9.17) is 16.3 Å². The van der Waals surface area contributed by atoms with Gasteiger partial charge in [0.15, 0.2) is 0 Å². The zero-order valence-corrected chi connectivity index (χ0v) is 8.47. The molecule has 0 aliphatic carbocycles. The van der Waals surface area contributed by atoms with Crippen LogP contribution >= 0.6 is 11.6 Å². The molecule has 2 aliphatic rings. The summed E-state index contributed by atoms with van der Waals surface area (Å²) in [4.78, 5) is 4.07. The molecule has 4 heteroatoms. The van der Waals surface area contributed by atoms with Crippen LogP contribution < -0.4 is 5.32 Å². The molecule has 0 bridgehead atoms. The molecule has 1 aromatic heterocycles. The zero-order valence-electron chi connectivity index (χ0n) is 7.72. The van der Waals surface area contributed by atoms with Crippen molar-refractivity contribution in [2.45, 2.75) is 18.6 Å². The third kappa shape index (κ3) is 1.10. The van der Waals surface area contributed by atoms with E-state index >= 15 is 0 Å². The highest BCUT2D eigenvalue weighted by Gasteiger charge is 2.42. The van der Waals surface area contributed by atoms with E-state index in [9.17, 15) is 0 Å². The van der Waals surface area contributed by atoms with E-state index in [2.05, 4.69) is 10.3 Å². The molecule has 1 spiro atoms. The van der Waals surface area contributed by atoms with Crippen LogP contribution in [-0.2, 0) is 16.9 Å². The maximum absolute atomic E-state index is 5.90. The predicted octanol–water partition coefficient (Wildman–Crippen LogP) is 1.45. The van der Waals surface area contributed by atoms with Crippen molar-refractivity contribution in [2.24, 2.45) is 0 Å². The summed E-state index contributed by atoms with van der Waals surface area (Å²) < 4.78 is 5.87. The fraction of sp³-hybridized carbons (Fsp3) is 0.500. The molecule has 3 heterocycles. The molecule has 0 radical (unpaired) electrons. The average Bonchev–Trinajstić information content (AvgIpc) is 2.77. The second-order valence-electron chi connectivity index (χ2n) is 3.87. The SMILES string of the molecule is Clc1cc2c(cn1)COC21CCNC1. The van der Waals surface area contributed by atoms with Crippen LogP contribution in [0.15, 0.2) is 12.3 Å². The Bertz CT molecular complexity index is 374. The number of ether oxygens (including phenoxy) is 1. The molecule has 0 aromatic carbocycles. The Morgan fingerprint density at radius 1 is 1.57 bits per heavy atom. The van der Waals surface area contributed by atoms with Gasteiger partial charge in [0.2, 0.25) is 0 Å². The van der Waals surface area contributed by atoms with Crippen molar-refractivity contribution in [3.63, 3.8) is 0 Å². The highest BCUT2D eigenvalue weighted by Crippen LogP contribution is 2.41. The smallest absolute Gasteiger partial charge is 0.129 e. The number of pyridine rings is 1. The molecule has 0 saturated carbocycles. The maximum Gasteiger partial charge on any atom is 0.129 e. The number of hydrogen-bond acceptors (Lipinski definition) is 3. The Hall–Kier alpha value is -0.640. The fourth-order valence-corrected chi connectivity index (χ4v) is 2.47. The summed E-state index contributed by atoms with van der Waals surface area (Å²) in [7, 11) is 0. The Balaban J connectivity index is 2.12. The summed E-state index contributed by atoms with van der Waals surface area (Å²) in [5, 5.41) is 3.88. The third-order valence-electron chi connectivity index (χ3n) is 3.06. The van der Waals surface area contributed by atoms with Crippen LogP contribution in [0.5, 0.6) is 0 Å². The topological polar surface area (TPSA) is 34.1 Å². The molecule has 1 atom stereocenters. The Labute approximate surface area is 87.4 Å². The Morgan fingerprint density at radius 3 is 3.29 bits per heavy atom. The van der Waals surface area contributed by atoms with Crippen LogP contribution in [0.4, 0.5) is 0 Å². The van der Waals surface area contributed by atoms with Gasteiger partial charge in [-0.05, 0) is 24.6 Å². The number of hydrogen-bond donors (Lipinski definition) is 1. The molecule has 1 unspecified atom stereocenters. The molecule has 74 valence electrons. The first-order chi connectivity index (χ1) is 6.80. The summed E-state index contributed by atoms with van der Waals surface area (Å²) in [6, 6.07) is 1.94. The number of aromatic nitrogens is 1. The van der Waals surface area contributed by atoms with E-state index < -0.39 is 0 Å². The average molecular weight is 211 g/mol. The fourth-order valence-electron chi connectivity index (χ4n) is 2.31. The lowest BCUT2D eigenvalue weighted by atomic mass is 9.93. The van der Waals surface area contributed by atoms with Crippen LogP contribution in [0.2, 0.25) is 5.15 Å². The van der Waals surface area contributed by atoms with Crippen LogP contribution in [-0.4, -0.2) is 18.1 Å².